The zero-order valence-corrected chi connectivity index (χ0v) is 12.5. The van der Waals surface area contributed by atoms with Crippen LogP contribution in [-0.4, -0.2) is 51.2 Å². The maximum Gasteiger partial charge on any atom is 0.305 e. The van der Waals surface area contributed by atoms with Crippen LogP contribution in [0.25, 0.3) is 0 Å². The molecule has 20 heavy (non-hydrogen) atoms. The molecular formula is C13H19N3O3S. The number of hydrogen-bond donors (Lipinski definition) is 1. The van der Waals surface area contributed by atoms with Crippen LogP contribution in [0.15, 0.2) is 12.4 Å². The lowest BCUT2D eigenvalue weighted by atomic mass is 10.2. The number of aliphatic carboxylic acids is 1. The van der Waals surface area contributed by atoms with Crippen LogP contribution in [0, 0.1) is 0 Å². The molecule has 0 bridgehead atoms. The van der Waals surface area contributed by atoms with Crippen molar-refractivity contribution in [2.75, 3.05) is 23.0 Å². The van der Waals surface area contributed by atoms with Crippen LogP contribution in [0.3, 0.4) is 0 Å². The summed E-state index contributed by atoms with van der Waals surface area (Å²) in [5.41, 5.74) is 0. The molecular weight excluding hydrogens is 278 g/mol. The van der Waals surface area contributed by atoms with Gasteiger partial charge >= 0.3 is 5.97 Å². The van der Waals surface area contributed by atoms with Gasteiger partial charge in [-0.3, -0.25) is 9.78 Å². The molecule has 0 spiro atoms. The number of rotatable bonds is 5. The van der Waals surface area contributed by atoms with E-state index in [0.717, 1.165) is 18.1 Å². The Kier molecular flexibility index (Phi) is 5.05. The largest absolute Gasteiger partial charge is 0.481 e. The van der Waals surface area contributed by atoms with Gasteiger partial charge in [-0.25, -0.2) is 0 Å². The lowest BCUT2D eigenvalue weighted by Crippen LogP contribution is -2.44. The van der Waals surface area contributed by atoms with Gasteiger partial charge in [0.05, 0.1) is 24.9 Å². The highest BCUT2D eigenvalue weighted by molar-refractivity contribution is 7.99. The monoisotopic (exact) mass is 297 g/mol. The Morgan fingerprint density at radius 2 is 2.40 bits per heavy atom. The Hall–Kier alpha value is -1.50. The second-order valence-corrected chi connectivity index (χ2v) is 6.05. The molecule has 1 aromatic rings. The molecule has 1 unspecified atom stereocenters. The van der Waals surface area contributed by atoms with Gasteiger partial charge in [-0.2, -0.15) is 16.7 Å². The van der Waals surface area contributed by atoms with Gasteiger partial charge in [0, 0.05) is 24.1 Å². The Labute approximate surface area is 122 Å². The van der Waals surface area contributed by atoms with E-state index in [1.54, 1.807) is 24.2 Å². The van der Waals surface area contributed by atoms with Crippen molar-refractivity contribution in [1.82, 2.24) is 9.97 Å². The molecule has 7 heteroatoms. The molecule has 0 aromatic carbocycles. The summed E-state index contributed by atoms with van der Waals surface area (Å²) in [7, 11) is 0. The summed E-state index contributed by atoms with van der Waals surface area (Å²) >= 11 is 1.77. The highest BCUT2D eigenvalue weighted by Gasteiger charge is 2.26. The van der Waals surface area contributed by atoms with Gasteiger partial charge in [0.2, 0.25) is 5.88 Å². The maximum absolute atomic E-state index is 11.0. The van der Waals surface area contributed by atoms with Crippen LogP contribution in [0.4, 0.5) is 5.82 Å². The third-order valence-electron chi connectivity index (χ3n) is 2.89. The molecule has 110 valence electrons. The van der Waals surface area contributed by atoms with Gasteiger partial charge in [-0.05, 0) is 13.8 Å². The Morgan fingerprint density at radius 3 is 3.10 bits per heavy atom. The fourth-order valence-corrected chi connectivity index (χ4v) is 3.16. The summed E-state index contributed by atoms with van der Waals surface area (Å²) in [5, 5.41) is 9.01. The van der Waals surface area contributed by atoms with E-state index < -0.39 is 5.97 Å². The van der Waals surface area contributed by atoms with Crippen molar-refractivity contribution in [3.63, 3.8) is 0 Å². The fourth-order valence-electron chi connectivity index (χ4n) is 2.10. The molecule has 0 radical (unpaired) electrons. The van der Waals surface area contributed by atoms with Gasteiger partial charge in [-0.1, -0.05) is 0 Å². The van der Waals surface area contributed by atoms with Gasteiger partial charge in [0.15, 0.2) is 5.82 Å². The number of carboxylic acids is 1. The molecule has 0 aliphatic carbocycles. The molecule has 2 heterocycles. The highest BCUT2D eigenvalue weighted by atomic mass is 32.2. The van der Waals surface area contributed by atoms with Crippen LogP contribution >= 0.6 is 11.8 Å². The first-order valence-electron chi connectivity index (χ1n) is 6.61. The molecule has 1 saturated heterocycles. The number of aromatic nitrogens is 2. The average Bonchev–Trinajstić information content (AvgIpc) is 2.38. The summed E-state index contributed by atoms with van der Waals surface area (Å²) in [4.78, 5) is 21.6. The van der Waals surface area contributed by atoms with Crippen molar-refractivity contribution in [2.45, 2.75) is 32.4 Å². The van der Waals surface area contributed by atoms with E-state index in [1.165, 1.54) is 0 Å². The zero-order valence-electron chi connectivity index (χ0n) is 11.7. The number of thioether (sulfide) groups is 1. The van der Waals surface area contributed by atoms with Crippen molar-refractivity contribution in [2.24, 2.45) is 0 Å². The van der Waals surface area contributed by atoms with E-state index in [9.17, 15) is 4.79 Å². The molecule has 0 saturated carbocycles. The van der Waals surface area contributed by atoms with Crippen molar-refractivity contribution >= 4 is 23.5 Å². The molecule has 6 nitrogen and oxygen atoms in total. The molecule has 1 N–H and O–H groups in total. The van der Waals surface area contributed by atoms with E-state index in [4.69, 9.17) is 9.84 Å². The minimum atomic E-state index is -0.787. The van der Waals surface area contributed by atoms with Gasteiger partial charge in [-0.15, -0.1) is 0 Å². The quantitative estimate of drug-likeness (QED) is 0.885. The molecule has 1 fully saturated rings. The molecule has 1 aliphatic heterocycles. The second-order valence-electron chi connectivity index (χ2n) is 4.90. The van der Waals surface area contributed by atoms with Crippen molar-refractivity contribution in [1.29, 1.82) is 0 Å². The van der Waals surface area contributed by atoms with Crippen molar-refractivity contribution < 1.29 is 14.6 Å². The summed E-state index contributed by atoms with van der Waals surface area (Å²) in [6, 6.07) is -0.0464. The molecule has 1 atom stereocenters. The number of ether oxygens (including phenoxy) is 1. The maximum atomic E-state index is 11.0. The Morgan fingerprint density at radius 1 is 1.60 bits per heavy atom. The number of hydrogen-bond acceptors (Lipinski definition) is 6. The van der Waals surface area contributed by atoms with E-state index in [2.05, 4.69) is 9.97 Å². The topological polar surface area (TPSA) is 75.5 Å². The van der Waals surface area contributed by atoms with Crippen molar-refractivity contribution in [3.8, 4) is 5.88 Å². The van der Waals surface area contributed by atoms with Crippen LogP contribution in [0.1, 0.15) is 20.3 Å². The first-order valence-corrected chi connectivity index (χ1v) is 7.76. The third kappa shape index (κ3) is 4.00. The predicted molar refractivity (Wildman–Crippen MR) is 78.5 cm³/mol. The molecule has 1 aliphatic rings. The van der Waals surface area contributed by atoms with E-state index in [1.807, 2.05) is 18.7 Å². The predicted octanol–water partition coefficient (Wildman–Crippen LogP) is 1.66. The lowest BCUT2D eigenvalue weighted by molar-refractivity contribution is -0.137. The first-order chi connectivity index (χ1) is 9.56. The molecule has 2 rings (SSSR count). The number of nitrogens with zero attached hydrogens (tertiary/aromatic N) is 3. The molecule has 0 amide bonds. The third-order valence-corrected chi connectivity index (χ3v) is 3.98. The number of carbonyl (C=O) groups is 1. The summed E-state index contributed by atoms with van der Waals surface area (Å²) < 4.78 is 5.54. The minimum Gasteiger partial charge on any atom is -0.481 e. The lowest BCUT2D eigenvalue weighted by Gasteiger charge is -2.35. The standard InChI is InChI=1S/C13H19N3O3S/c1-9(2)19-12-7-14-6-11(15-12)16-3-4-20-8-10(16)5-13(17)18/h6-7,9-10H,3-5,8H2,1-2H3,(H,17,18). The molecule has 1 aromatic heterocycles. The van der Waals surface area contributed by atoms with Gasteiger partial charge < -0.3 is 14.7 Å². The summed E-state index contributed by atoms with van der Waals surface area (Å²) in [6.45, 7) is 4.64. The first kappa shape index (κ1) is 14.9. The minimum absolute atomic E-state index is 0.0336. The van der Waals surface area contributed by atoms with Crippen LogP contribution < -0.4 is 9.64 Å². The van der Waals surface area contributed by atoms with Crippen LogP contribution in [-0.2, 0) is 4.79 Å². The average molecular weight is 297 g/mol. The number of carboxylic acid groups (broad SMARTS) is 1. The summed E-state index contributed by atoms with van der Waals surface area (Å²) in [5.74, 6) is 2.14. The zero-order chi connectivity index (χ0) is 14.5. The van der Waals surface area contributed by atoms with E-state index >= 15 is 0 Å². The normalized spacial score (nSPS) is 19.1. The van der Waals surface area contributed by atoms with E-state index in [0.29, 0.717) is 11.7 Å². The SMILES string of the molecule is CC(C)Oc1cncc(N2CCSCC2CC(=O)O)n1. The van der Waals surface area contributed by atoms with Gasteiger partial charge in [0.25, 0.3) is 0 Å². The fraction of sp³-hybridized carbons (Fsp3) is 0.615. The number of anilines is 1. The highest BCUT2D eigenvalue weighted by Crippen LogP contribution is 2.25. The van der Waals surface area contributed by atoms with E-state index in [-0.39, 0.29) is 18.6 Å². The van der Waals surface area contributed by atoms with Crippen LogP contribution in [0.5, 0.6) is 5.88 Å². The van der Waals surface area contributed by atoms with Gasteiger partial charge in [0.1, 0.15) is 0 Å². The second kappa shape index (κ2) is 6.78. The summed E-state index contributed by atoms with van der Waals surface area (Å²) in [6.07, 6.45) is 3.39. The van der Waals surface area contributed by atoms with Crippen molar-refractivity contribution in [3.05, 3.63) is 12.4 Å². The Bertz CT molecular complexity index is 470. The van der Waals surface area contributed by atoms with Crippen LogP contribution in [0.2, 0.25) is 0 Å². The smallest absolute Gasteiger partial charge is 0.305 e. The Balaban J connectivity index is 2.16.